The molecule has 0 unspecified atom stereocenters. The molecule has 7 nitrogen and oxygen atoms in total. The normalized spacial score (nSPS) is 14.1. The minimum absolute atomic E-state index is 0.139. The van der Waals surface area contributed by atoms with Crippen molar-refractivity contribution in [3.8, 4) is 11.3 Å². The van der Waals surface area contributed by atoms with Gasteiger partial charge in [0.25, 0.3) is 0 Å². The largest absolute Gasteiger partial charge is 0.416 e. The van der Waals surface area contributed by atoms with Crippen LogP contribution in [-0.2, 0) is 22.6 Å². The first-order valence-electron chi connectivity index (χ1n) is 10.0. The summed E-state index contributed by atoms with van der Waals surface area (Å²) in [5.41, 5.74) is 2.27. The van der Waals surface area contributed by atoms with Crippen molar-refractivity contribution >= 4 is 32.6 Å². The van der Waals surface area contributed by atoms with E-state index in [1.807, 2.05) is 4.90 Å². The summed E-state index contributed by atoms with van der Waals surface area (Å²) in [7, 11) is -2.27. The molecule has 33 heavy (non-hydrogen) atoms. The zero-order valence-electron chi connectivity index (χ0n) is 17.3. The molecule has 3 heterocycles. The Labute approximate surface area is 187 Å². The molecule has 11 heteroatoms. The van der Waals surface area contributed by atoms with Crippen LogP contribution in [-0.4, -0.2) is 37.0 Å². The fourth-order valence-corrected chi connectivity index (χ4v) is 4.77. The van der Waals surface area contributed by atoms with Crippen LogP contribution >= 0.6 is 0 Å². The second-order valence-corrected chi connectivity index (χ2v) is 9.51. The summed E-state index contributed by atoms with van der Waals surface area (Å²) in [4.78, 5) is 13.8. The van der Waals surface area contributed by atoms with E-state index < -0.39 is 21.8 Å². The molecule has 0 atom stereocenters. The van der Waals surface area contributed by atoms with Crippen molar-refractivity contribution in [1.82, 2.24) is 19.7 Å². The molecule has 1 aliphatic heterocycles. The molecule has 2 aromatic carbocycles. The number of benzene rings is 2. The first-order valence-corrected chi connectivity index (χ1v) is 11.5. The van der Waals surface area contributed by atoms with Gasteiger partial charge in [-0.2, -0.15) is 13.2 Å². The fourth-order valence-electron chi connectivity index (χ4n) is 4.02. The summed E-state index contributed by atoms with van der Waals surface area (Å²) in [6, 6.07) is 11.7. The summed E-state index contributed by atoms with van der Waals surface area (Å²) >= 11 is 0. The molecule has 0 spiro atoms. The third kappa shape index (κ3) is 3.72. The second kappa shape index (κ2) is 7.56. The number of sulfonamides is 1. The van der Waals surface area contributed by atoms with Gasteiger partial charge in [0, 0.05) is 17.9 Å². The summed E-state index contributed by atoms with van der Waals surface area (Å²) in [6.07, 6.45) is -2.38. The predicted octanol–water partition coefficient (Wildman–Crippen LogP) is 4.25. The summed E-state index contributed by atoms with van der Waals surface area (Å²) in [6.45, 7) is 0.578. The first-order chi connectivity index (χ1) is 15.7. The van der Waals surface area contributed by atoms with Crippen molar-refractivity contribution in [2.75, 3.05) is 18.5 Å². The first kappa shape index (κ1) is 21.4. The summed E-state index contributed by atoms with van der Waals surface area (Å²) in [5, 5.41) is 0.625. The number of hydrogen-bond acceptors (Lipinski definition) is 5. The number of nitrogens with one attached hydrogen (secondary N) is 2. The van der Waals surface area contributed by atoms with Gasteiger partial charge in [0.05, 0.1) is 15.8 Å². The van der Waals surface area contributed by atoms with Crippen LogP contribution < -0.4 is 9.62 Å². The van der Waals surface area contributed by atoms with Crippen LogP contribution in [0.25, 0.3) is 22.3 Å². The molecule has 1 aliphatic rings. The lowest BCUT2D eigenvalue weighted by Gasteiger charge is -2.19. The molecule has 0 aliphatic carbocycles. The lowest BCUT2D eigenvalue weighted by Crippen LogP contribution is -2.19. The Hall–Kier alpha value is -3.44. The van der Waals surface area contributed by atoms with Gasteiger partial charge in [0.2, 0.25) is 10.0 Å². The third-order valence-corrected chi connectivity index (χ3v) is 7.10. The van der Waals surface area contributed by atoms with Crippen LogP contribution in [0.3, 0.4) is 0 Å². The van der Waals surface area contributed by atoms with Crippen LogP contribution in [0.5, 0.6) is 0 Å². The zero-order chi connectivity index (χ0) is 23.4. The lowest BCUT2D eigenvalue weighted by atomic mass is 10.1. The predicted molar refractivity (Wildman–Crippen MR) is 118 cm³/mol. The molecule has 0 radical (unpaired) electrons. The minimum Gasteiger partial charge on any atom is -0.339 e. The Balaban J connectivity index is 1.60. The van der Waals surface area contributed by atoms with Gasteiger partial charge < -0.3 is 9.88 Å². The molecule has 0 fully saturated rings. The monoisotopic (exact) mass is 473 g/mol. The summed E-state index contributed by atoms with van der Waals surface area (Å²) < 4.78 is 66.3. The quantitative estimate of drug-likeness (QED) is 0.463. The molecular formula is C22H18F3N5O2S. The maximum atomic E-state index is 13.2. The van der Waals surface area contributed by atoms with Crippen molar-refractivity contribution in [3.63, 3.8) is 0 Å². The van der Waals surface area contributed by atoms with Gasteiger partial charge in [-0.15, -0.1) is 0 Å². The van der Waals surface area contributed by atoms with Crippen LogP contribution in [0, 0.1) is 0 Å². The lowest BCUT2D eigenvalue weighted by molar-refractivity contribution is -0.137. The number of halogens is 3. The molecule has 0 bridgehead atoms. The second-order valence-electron chi connectivity index (χ2n) is 7.62. The van der Waals surface area contributed by atoms with Crippen molar-refractivity contribution in [2.45, 2.75) is 17.5 Å². The highest BCUT2D eigenvalue weighted by molar-refractivity contribution is 7.89. The standard InChI is InChI=1S/C22H18F3N5O2S/c1-26-33(31,32)16-6-5-13-7-8-30(19(13)10-16)21-17-11-18(29-20(17)27-12-28-21)14-3-2-4-15(9-14)22(23,24)25/h2-6,9-12,26H,7-8H2,1H3,(H,27,28,29). The van der Waals surface area contributed by atoms with Crippen molar-refractivity contribution in [3.05, 3.63) is 66.0 Å². The fraction of sp³-hybridized carbons (Fsp3) is 0.182. The van der Waals surface area contributed by atoms with Gasteiger partial charge >= 0.3 is 6.18 Å². The molecular weight excluding hydrogens is 455 g/mol. The maximum absolute atomic E-state index is 13.2. The number of aromatic amines is 1. The Morgan fingerprint density at radius 3 is 2.67 bits per heavy atom. The van der Waals surface area contributed by atoms with Crippen molar-refractivity contribution in [2.24, 2.45) is 0 Å². The maximum Gasteiger partial charge on any atom is 0.416 e. The zero-order valence-corrected chi connectivity index (χ0v) is 18.1. The molecule has 2 N–H and O–H groups in total. The van der Waals surface area contributed by atoms with Crippen LogP contribution in [0.2, 0.25) is 0 Å². The van der Waals surface area contributed by atoms with Crippen molar-refractivity contribution in [1.29, 1.82) is 0 Å². The van der Waals surface area contributed by atoms with E-state index in [0.717, 1.165) is 17.7 Å². The molecule has 0 amide bonds. The van der Waals surface area contributed by atoms with Gasteiger partial charge in [-0.05, 0) is 54.9 Å². The smallest absolute Gasteiger partial charge is 0.339 e. The van der Waals surface area contributed by atoms with Gasteiger partial charge in [-0.25, -0.2) is 23.1 Å². The van der Waals surface area contributed by atoms with Gasteiger partial charge in [0.15, 0.2) is 0 Å². The van der Waals surface area contributed by atoms with Crippen molar-refractivity contribution < 1.29 is 21.6 Å². The molecule has 4 aromatic rings. The highest BCUT2D eigenvalue weighted by Crippen LogP contribution is 2.39. The van der Waals surface area contributed by atoms with E-state index in [1.165, 1.54) is 19.4 Å². The molecule has 0 saturated carbocycles. The topological polar surface area (TPSA) is 91.0 Å². The van der Waals surface area contributed by atoms with E-state index in [9.17, 15) is 21.6 Å². The number of rotatable bonds is 4. The highest BCUT2D eigenvalue weighted by atomic mass is 32.2. The molecule has 5 rings (SSSR count). The number of H-pyrrole nitrogens is 1. The van der Waals surface area contributed by atoms with E-state index in [1.54, 1.807) is 30.3 Å². The van der Waals surface area contributed by atoms with E-state index in [0.29, 0.717) is 46.8 Å². The van der Waals surface area contributed by atoms with E-state index in [-0.39, 0.29) is 4.90 Å². The molecule has 0 saturated heterocycles. The molecule has 2 aromatic heterocycles. The summed E-state index contributed by atoms with van der Waals surface area (Å²) in [5.74, 6) is 0.548. The number of anilines is 2. The highest BCUT2D eigenvalue weighted by Gasteiger charge is 2.31. The molecule has 170 valence electrons. The van der Waals surface area contributed by atoms with E-state index in [4.69, 9.17) is 0 Å². The minimum atomic E-state index is -4.45. The Kier molecular flexibility index (Phi) is 4.91. The number of fused-ring (bicyclic) bond motifs is 2. The third-order valence-electron chi connectivity index (χ3n) is 5.69. The van der Waals surface area contributed by atoms with Crippen LogP contribution in [0.15, 0.2) is 59.8 Å². The Bertz CT molecular complexity index is 1480. The average molecular weight is 473 g/mol. The van der Waals surface area contributed by atoms with Gasteiger partial charge in [-0.3, -0.25) is 0 Å². The Morgan fingerprint density at radius 2 is 1.91 bits per heavy atom. The SMILES string of the molecule is CNS(=O)(=O)c1ccc2c(c1)N(c1ncnc3[nH]c(-c4cccc(C(F)(F)F)c4)cc13)CC2. The number of nitrogens with zero attached hydrogens (tertiary/aromatic N) is 3. The number of alkyl halides is 3. The van der Waals surface area contributed by atoms with E-state index in [2.05, 4.69) is 19.7 Å². The van der Waals surface area contributed by atoms with Gasteiger partial charge in [0.1, 0.15) is 17.8 Å². The van der Waals surface area contributed by atoms with Crippen LogP contribution in [0.1, 0.15) is 11.1 Å². The number of aromatic nitrogens is 3. The van der Waals surface area contributed by atoms with Gasteiger partial charge in [-0.1, -0.05) is 18.2 Å². The number of hydrogen-bond donors (Lipinski definition) is 2. The average Bonchev–Trinajstić information content (AvgIpc) is 3.42. The van der Waals surface area contributed by atoms with Crippen LogP contribution in [0.4, 0.5) is 24.7 Å². The van der Waals surface area contributed by atoms with E-state index >= 15 is 0 Å². The Morgan fingerprint density at radius 1 is 1.09 bits per heavy atom.